The van der Waals surface area contributed by atoms with Crippen molar-refractivity contribution in [1.82, 2.24) is 0 Å². The molecular formula is C28H34O3. The Morgan fingerprint density at radius 3 is 2.52 bits per heavy atom. The van der Waals surface area contributed by atoms with E-state index in [9.17, 15) is 9.59 Å². The Kier molecular flexibility index (Phi) is 4.99. The van der Waals surface area contributed by atoms with Gasteiger partial charge in [-0.1, -0.05) is 55.8 Å². The van der Waals surface area contributed by atoms with Crippen LogP contribution in [-0.4, -0.2) is 17.9 Å². The molecule has 0 saturated heterocycles. The Balaban J connectivity index is 1.42. The van der Waals surface area contributed by atoms with Gasteiger partial charge in [-0.3, -0.25) is 9.59 Å². The second-order valence-electron chi connectivity index (χ2n) is 10.8. The van der Waals surface area contributed by atoms with Crippen LogP contribution >= 0.6 is 0 Å². The number of esters is 1. The van der Waals surface area contributed by atoms with Gasteiger partial charge in [-0.2, -0.15) is 0 Å². The van der Waals surface area contributed by atoms with Crippen molar-refractivity contribution >= 4 is 17.8 Å². The van der Waals surface area contributed by atoms with E-state index in [0.29, 0.717) is 23.5 Å². The van der Waals surface area contributed by atoms with Crippen molar-refractivity contribution in [2.24, 2.45) is 28.6 Å². The number of hydrogen-bond donors (Lipinski definition) is 0. The fraction of sp³-hybridized carbons (Fsp3) is 0.571. The van der Waals surface area contributed by atoms with Crippen molar-refractivity contribution in [2.45, 2.75) is 71.8 Å². The van der Waals surface area contributed by atoms with Gasteiger partial charge in [-0.15, -0.1) is 0 Å². The van der Waals surface area contributed by atoms with Crippen LogP contribution in [0.3, 0.4) is 0 Å². The molecule has 5 rings (SSSR count). The summed E-state index contributed by atoms with van der Waals surface area (Å²) in [6.45, 7) is 6.19. The number of carbonyl (C=O) groups excluding carboxylic acids is 2. The zero-order valence-corrected chi connectivity index (χ0v) is 19.0. The lowest BCUT2D eigenvalue weighted by Crippen LogP contribution is -2.50. The molecule has 3 heteroatoms. The zero-order valence-electron chi connectivity index (χ0n) is 19.0. The summed E-state index contributed by atoms with van der Waals surface area (Å²) in [5.74, 6) is 1.86. The molecular weight excluding hydrogens is 384 g/mol. The van der Waals surface area contributed by atoms with E-state index in [1.165, 1.54) is 12.5 Å². The summed E-state index contributed by atoms with van der Waals surface area (Å²) >= 11 is 0. The van der Waals surface area contributed by atoms with Crippen molar-refractivity contribution in [3.8, 4) is 0 Å². The summed E-state index contributed by atoms with van der Waals surface area (Å²) < 4.78 is 5.56. The molecule has 1 aromatic rings. The number of allylic oxidation sites excluding steroid dienone is 2. The first kappa shape index (κ1) is 20.7. The molecule has 0 N–H and O–H groups in total. The molecule has 0 bridgehead atoms. The van der Waals surface area contributed by atoms with Crippen LogP contribution in [-0.2, 0) is 14.3 Å². The minimum Gasteiger partial charge on any atom is -0.462 e. The van der Waals surface area contributed by atoms with Crippen LogP contribution in [0, 0.1) is 28.6 Å². The van der Waals surface area contributed by atoms with Crippen LogP contribution < -0.4 is 0 Å². The van der Waals surface area contributed by atoms with Crippen molar-refractivity contribution in [3.05, 3.63) is 53.1 Å². The maximum atomic E-state index is 13.5. The molecule has 1 aromatic carbocycles. The number of ether oxygens (including phenoxy) is 1. The van der Waals surface area contributed by atoms with E-state index in [0.717, 1.165) is 56.1 Å². The standard InChI is InChI=1S/C28H34O3/c1-18(29)31-22-11-13-27(2)21(17-22)9-10-23-24(27)12-14-28(3)25(23)16-20(26(28)30)15-19-7-5-4-6-8-19/h4-9,15,22-25H,10-14,16-17H2,1-3H3/b20-15-/t22?,23-,24+,25+,27+,28+/m1/s1. The first-order valence-electron chi connectivity index (χ1n) is 12.0. The van der Waals surface area contributed by atoms with Gasteiger partial charge in [0.1, 0.15) is 6.10 Å². The molecule has 0 radical (unpaired) electrons. The number of fused-ring (bicyclic) bond motifs is 5. The fourth-order valence-electron chi connectivity index (χ4n) is 7.51. The molecule has 1 unspecified atom stereocenters. The molecule has 31 heavy (non-hydrogen) atoms. The molecule has 0 aliphatic heterocycles. The van der Waals surface area contributed by atoms with Crippen LogP contribution in [0.4, 0.5) is 0 Å². The average molecular weight is 419 g/mol. The molecule has 6 atom stereocenters. The van der Waals surface area contributed by atoms with Crippen LogP contribution in [0.25, 0.3) is 6.08 Å². The van der Waals surface area contributed by atoms with Gasteiger partial charge in [-0.05, 0) is 78.9 Å². The molecule has 0 aromatic heterocycles. The highest BCUT2D eigenvalue weighted by molar-refractivity contribution is 6.05. The van der Waals surface area contributed by atoms with Crippen molar-refractivity contribution < 1.29 is 14.3 Å². The number of carbonyl (C=O) groups is 2. The zero-order chi connectivity index (χ0) is 21.8. The lowest BCUT2D eigenvalue weighted by Gasteiger charge is -2.56. The summed E-state index contributed by atoms with van der Waals surface area (Å²) in [5.41, 5.74) is 3.64. The fourth-order valence-corrected chi connectivity index (χ4v) is 7.51. The molecule has 3 nitrogen and oxygen atoms in total. The lowest BCUT2D eigenvalue weighted by molar-refractivity contribution is -0.148. The van der Waals surface area contributed by atoms with Crippen molar-refractivity contribution in [3.63, 3.8) is 0 Å². The van der Waals surface area contributed by atoms with Gasteiger partial charge in [0, 0.05) is 18.8 Å². The minimum atomic E-state index is -0.210. The number of ketones is 1. The molecule has 4 aliphatic rings. The van der Waals surface area contributed by atoms with Gasteiger partial charge in [-0.25, -0.2) is 0 Å². The van der Waals surface area contributed by atoms with Crippen LogP contribution in [0.2, 0.25) is 0 Å². The molecule has 0 amide bonds. The highest BCUT2D eigenvalue weighted by Gasteiger charge is 2.59. The summed E-state index contributed by atoms with van der Waals surface area (Å²) in [5, 5.41) is 0. The Hall–Kier alpha value is -2.16. The van der Waals surface area contributed by atoms with Gasteiger partial charge < -0.3 is 4.74 Å². The number of hydrogen-bond acceptors (Lipinski definition) is 3. The Morgan fingerprint density at radius 1 is 1.03 bits per heavy atom. The smallest absolute Gasteiger partial charge is 0.302 e. The highest BCUT2D eigenvalue weighted by Crippen LogP contribution is 2.64. The third kappa shape index (κ3) is 3.32. The first-order valence-corrected chi connectivity index (χ1v) is 12.0. The first-order chi connectivity index (χ1) is 14.8. The monoisotopic (exact) mass is 418 g/mol. The lowest BCUT2D eigenvalue weighted by atomic mass is 9.48. The minimum absolute atomic E-state index is 0.0377. The molecule has 0 spiro atoms. The van der Waals surface area contributed by atoms with E-state index >= 15 is 0 Å². The van der Waals surface area contributed by atoms with Crippen LogP contribution in [0.15, 0.2) is 47.6 Å². The second-order valence-corrected chi connectivity index (χ2v) is 10.8. The van der Waals surface area contributed by atoms with Crippen LogP contribution in [0.1, 0.15) is 71.3 Å². The maximum absolute atomic E-state index is 13.5. The van der Waals surface area contributed by atoms with E-state index in [1.807, 2.05) is 18.2 Å². The Morgan fingerprint density at radius 2 is 1.77 bits per heavy atom. The van der Waals surface area contributed by atoms with E-state index in [4.69, 9.17) is 4.74 Å². The van der Waals surface area contributed by atoms with Gasteiger partial charge in [0.2, 0.25) is 0 Å². The molecule has 3 fully saturated rings. The van der Waals surface area contributed by atoms with E-state index in [2.05, 4.69) is 38.1 Å². The molecule has 164 valence electrons. The van der Waals surface area contributed by atoms with E-state index in [-0.39, 0.29) is 22.9 Å². The normalized spacial score (nSPS) is 40.5. The maximum Gasteiger partial charge on any atom is 0.302 e. The Bertz CT molecular complexity index is 958. The van der Waals surface area contributed by atoms with E-state index < -0.39 is 0 Å². The average Bonchev–Trinajstić information content (AvgIpc) is 2.99. The van der Waals surface area contributed by atoms with Gasteiger partial charge in [0.25, 0.3) is 0 Å². The quantitative estimate of drug-likeness (QED) is 0.329. The topological polar surface area (TPSA) is 43.4 Å². The molecule has 4 aliphatic carbocycles. The predicted molar refractivity (Wildman–Crippen MR) is 122 cm³/mol. The molecule has 0 heterocycles. The van der Waals surface area contributed by atoms with Crippen molar-refractivity contribution in [2.75, 3.05) is 0 Å². The third-order valence-corrected chi connectivity index (χ3v) is 9.17. The summed E-state index contributed by atoms with van der Waals surface area (Å²) in [6.07, 6.45) is 11.7. The molecule has 3 saturated carbocycles. The Labute approximate surface area is 185 Å². The van der Waals surface area contributed by atoms with Crippen LogP contribution in [0.5, 0.6) is 0 Å². The van der Waals surface area contributed by atoms with Crippen molar-refractivity contribution in [1.29, 1.82) is 0 Å². The number of benzene rings is 1. The highest BCUT2D eigenvalue weighted by atomic mass is 16.5. The van der Waals surface area contributed by atoms with Gasteiger partial charge in [0.05, 0.1) is 0 Å². The summed E-state index contributed by atoms with van der Waals surface area (Å²) in [7, 11) is 0. The third-order valence-electron chi connectivity index (χ3n) is 9.17. The predicted octanol–water partition coefficient (Wildman–Crippen LogP) is 6.14. The number of Topliss-reactive ketones (excluding diaryl/α,β-unsaturated/α-hetero) is 1. The van der Waals surface area contributed by atoms with Gasteiger partial charge >= 0.3 is 5.97 Å². The number of rotatable bonds is 2. The summed E-state index contributed by atoms with van der Waals surface area (Å²) in [6, 6.07) is 10.3. The largest absolute Gasteiger partial charge is 0.462 e. The second kappa shape index (κ2) is 7.46. The summed E-state index contributed by atoms with van der Waals surface area (Å²) in [4.78, 5) is 25.0. The SMILES string of the molecule is CC(=O)OC1CC[C@@]2(C)C(=CC[C@@H]3[C@@H]2CC[C@]2(C)C(=O)/C(=C\c4ccccc4)C[C@@H]32)C1. The van der Waals surface area contributed by atoms with Gasteiger partial charge in [0.15, 0.2) is 5.78 Å². The van der Waals surface area contributed by atoms with E-state index in [1.54, 1.807) is 0 Å².